The Morgan fingerprint density at radius 3 is 2.71 bits per heavy atom. The fraction of sp³-hybridized carbons (Fsp3) is 0.667. The normalized spacial score (nSPS) is 45.7. The van der Waals surface area contributed by atoms with Crippen molar-refractivity contribution in [1.82, 2.24) is 0 Å². The van der Waals surface area contributed by atoms with Crippen molar-refractivity contribution in [2.75, 3.05) is 0 Å². The summed E-state index contributed by atoms with van der Waals surface area (Å²) in [5.74, 6) is 0.977. The SMILES string of the molecule is C1=C[C@H]2CC[C@H]2S1. The highest BCUT2D eigenvalue weighted by molar-refractivity contribution is 8.03. The molecule has 1 saturated carbocycles. The first-order valence-electron chi connectivity index (χ1n) is 2.79. The van der Waals surface area contributed by atoms with E-state index in [1.165, 1.54) is 12.8 Å². The first-order valence-corrected chi connectivity index (χ1v) is 3.73. The molecule has 2 atom stereocenters. The van der Waals surface area contributed by atoms with Crippen LogP contribution in [-0.4, -0.2) is 5.25 Å². The molecular formula is C6H8S. The van der Waals surface area contributed by atoms with Gasteiger partial charge in [0.1, 0.15) is 0 Å². The Morgan fingerprint density at radius 2 is 2.43 bits per heavy atom. The number of hydrogen-bond donors (Lipinski definition) is 0. The van der Waals surface area contributed by atoms with Gasteiger partial charge in [-0.15, -0.1) is 11.8 Å². The van der Waals surface area contributed by atoms with E-state index in [0.717, 1.165) is 11.2 Å². The first kappa shape index (κ1) is 4.02. The molecule has 2 aliphatic rings. The quantitative estimate of drug-likeness (QED) is 0.462. The van der Waals surface area contributed by atoms with E-state index in [9.17, 15) is 0 Å². The van der Waals surface area contributed by atoms with Crippen molar-refractivity contribution in [1.29, 1.82) is 0 Å². The van der Waals surface area contributed by atoms with Crippen LogP contribution >= 0.6 is 11.8 Å². The van der Waals surface area contributed by atoms with Crippen molar-refractivity contribution in [3.05, 3.63) is 11.5 Å². The molecule has 0 nitrogen and oxygen atoms in total. The standard InChI is InChI=1S/C6H8S/c1-2-6-5(1)3-4-7-6/h3-6H,1-2H2/t5-,6-/m1/s1. The zero-order valence-corrected chi connectivity index (χ0v) is 4.95. The van der Waals surface area contributed by atoms with Gasteiger partial charge in [-0.25, -0.2) is 0 Å². The zero-order valence-electron chi connectivity index (χ0n) is 4.13. The Kier molecular flexibility index (Phi) is 0.736. The summed E-state index contributed by atoms with van der Waals surface area (Å²) in [5.41, 5.74) is 0. The highest BCUT2D eigenvalue weighted by Crippen LogP contribution is 2.43. The maximum absolute atomic E-state index is 2.35. The lowest BCUT2D eigenvalue weighted by atomic mass is 9.85. The maximum Gasteiger partial charge on any atom is 0.0152 e. The minimum atomic E-state index is 0.977. The van der Waals surface area contributed by atoms with Crippen molar-refractivity contribution < 1.29 is 0 Å². The van der Waals surface area contributed by atoms with Gasteiger partial charge in [-0.05, 0) is 24.2 Å². The van der Waals surface area contributed by atoms with Crippen LogP contribution < -0.4 is 0 Å². The number of allylic oxidation sites excluding steroid dienone is 1. The average molecular weight is 112 g/mol. The monoisotopic (exact) mass is 112 g/mol. The number of rotatable bonds is 0. The lowest BCUT2D eigenvalue weighted by Gasteiger charge is -2.27. The van der Waals surface area contributed by atoms with Gasteiger partial charge in [-0.1, -0.05) is 6.08 Å². The molecule has 0 unspecified atom stereocenters. The molecule has 0 bridgehead atoms. The molecule has 0 radical (unpaired) electrons. The summed E-state index contributed by atoms with van der Waals surface area (Å²) < 4.78 is 0. The molecule has 0 aromatic heterocycles. The van der Waals surface area contributed by atoms with Gasteiger partial charge < -0.3 is 0 Å². The largest absolute Gasteiger partial charge is 0.130 e. The molecule has 0 amide bonds. The lowest BCUT2D eigenvalue weighted by Crippen LogP contribution is -2.22. The number of fused-ring (bicyclic) bond motifs is 1. The fourth-order valence-electron chi connectivity index (χ4n) is 1.13. The van der Waals surface area contributed by atoms with Crippen LogP contribution in [0.2, 0.25) is 0 Å². The molecule has 0 aromatic carbocycles. The van der Waals surface area contributed by atoms with Crippen LogP contribution in [0.15, 0.2) is 11.5 Å². The maximum atomic E-state index is 2.35. The summed E-state index contributed by atoms with van der Waals surface area (Å²) >= 11 is 2.01. The minimum Gasteiger partial charge on any atom is -0.130 e. The van der Waals surface area contributed by atoms with E-state index in [1.807, 2.05) is 11.8 Å². The second-order valence-corrected chi connectivity index (χ2v) is 3.39. The van der Waals surface area contributed by atoms with Gasteiger partial charge in [0.25, 0.3) is 0 Å². The van der Waals surface area contributed by atoms with Gasteiger partial charge in [-0.3, -0.25) is 0 Å². The Bertz CT molecular complexity index is 107. The second kappa shape index (κ2) is 1.28. The highest BCUT2D eigenvalue weighted by Gasteiger charge is 2.31. The molecule has 1 fully saturated rings. The number of thioether (sulfide) groups is 1. The molecule has 0 saturated heterocycles. The topological polar surface area (TPSA) is 0 Å². The van der Waals surface area contributed by atoms with Crippen LogP contribution in [0.5, 0.6) is 0 Å². The van der Waals surface area contributed by atoms with Gasteiger partial charge in [0.05, 0.1) is 0 Å². The van der Waals surface area contributed by atoms with E-state index in [2.05, 4.69) is 11.5 Å². The zero-order chi connectivity index (χ0) is 4.69. The van der Waals surface area contributed by atoms with Crippen LogP contribution in [-0.2, 0) is 0 Å². The van der Waals surface area contributed by atoms with E-state index >= 15 is 0 Å². The van der Waals surface area contributed by atoms with Crippen LogP contribution in [0.1, 0.15) is 12.8 Å². The molecule has 1 aliphatic heterocycles. The smallest absolute Gasteiger partial charge is 0.0152 e. The van der Waals surface area contributed by atoms with E-state index < -0.39 is 0 Å². The second-order valence-electron chi connectivity index (χ2n) is 2.24. The van der Waals surface area contributed by atoms with Crippen LogP contribution in [0.4, 0.5) is 0 Å². The molecule has 1 heterocycles. The molecule has 0 spiro atoms. The molecule has 1 heteroatoms. The van der Waals surface area contributed by atoms with Gasteiger partial charge in [0.15, 0.2) is 0 Å². The molecule has 38 valence electrons. The predicted molar refractivity (Wildman–Crippen MR) is 33.2 cm³/mol. The van der Waals surface area contributed by atoms with Crippen molar-refractivity contribution in [2.24, 2.45) is 5.92 Å². The van der Waals surface area contributed by atoms with Crippen LogP contribution in [0, 0.1) is 5.92 Å². The molecule has 7 heavy (non-hydrogen) atoms. The summed E-state index contributed by atoms with van der Waals surface area (Å²) in [6.07, 6.45) is 5.26. The molecule has 0 N–H and O–H groups in total. The van der Waals surface area contributed by atoms with E-state index in [4.69, 9.17) is 0 Å². The van der Waals surface area contributed by atoms with Crippen molar-refractivity contribution in [3.63, 3.8) is 0 Å². The Balaban J connectivity index is 2.14. The summed E-state index contributed by atoms with van der Waals surface area (Å²) in [5, 5.41) is 3.25. The predicted octanol–water partition coefficient (Wildman–Crippen LogP) is 2.03. The Hall–Kier alpha value is 0.0900. The van der Waals surface area contributed by atoms with Crippen molar-refractivity contribution in [3.8, 4) is 0 Å². The number of hydrogen-bond acceptors (Lipinski definition) is 1. The summed E-state index contributed by atoms with van der Waals surface area (Å²) in [6, 6.07) is 0. The van der Waals surface area contributed by atoms with Crippen LogP contribution in [0.25, 0.3) is 0 Å². The molecular weight excluding hydrogens is 104 g/mol. The minimum absolute atomic E-state index is 0.977. The molecule has 2 rings (SSSR count). The third-order valence-electron chi connectivity index (χ3n) is 1.84. The first-order chi connectivity index (χ1) is 3.47. The van der Waals surface area contributed by atoms with Gasteiger partial charge >= 0.3 is 0 Å². The van der Waals surface area contributed by atoms with Gasteiger partial charge in [0, 0.05) is 5.25 Å². The van der Waals surface area contributed by atoms with Crippen molar-refractivity contribution in [2.45, 2.75) is 18.1 Å². The average Bonchev–Trinajstić information content (AvgIpc) is 1.85. The fourth-order valence-corrected chi connectivity index (χ4v) is 2.33. The van der Waals surface area contributed by atoms with Crippen molar-refractivity contribution >= 4 is 11.8 Å². The lowest BCUT2D eigenvalue weighted by molar-refractivity contribution is 0.412. The van der Waals surface area contributed by atoms with E-state index in [0.29, 0.717) is 0 Å². The summed E-state index contributed by atoms with van der Waals surface area (Å²) in [6.45, 7) is 0. The van der Waals surface area contributed by atoms with Gasteiger partial charge in [-0.2, -0.15) is 0 Å². The van der Waals surface area contributed by atoms with Gasteiger partial charge in [0.2, 0.25) is 0 Å². The highest BCUT2D eigenvalue weighted by atomic mass is 32.2. The summed E-state index contributed by atoms with van der Waals surface area (Å²) in [7, 11) is 0. The van der Waals surface area contributed by atoms with Crippen LogP contribution in [0.3, 0.4) is 0 Å². The van der Waals surface area contributed by atoms with E-state index in [1.54, 1.807) is 0 Å². The third kappa shape index (κ3) is 0.447. The Labute approximate surface area is 48.0 Å². The summed E-state index contributed by atoms with van der Waals surface area (Å²) in [4.78, 5) is 0. The molecule has 1 aliphatic carbocycles. The third-order valence-corrected chi connectivity index (χ3v) is 3.09. The Morgan fingerprint density at radius 1 is 1.43 bits per heavy atom. The van der Waals surface area contributed by atoms with E-state index in [-0.39, 0.29) is 0 Å². The molecule has 0 aromatic rings.